The van der Waals surface area contributed by atoms with Gasteiger partial charge in [-0.05, 0) is 12.5 Å². The summed E-state index contributed by atoms with van der Waals surface area (Å²) in [6.07, 6.45) is 0. The topological polar surface area (TPSA) is 58.6 Å². The summed E-state index contributed by atoms with van der Waals surface area (Å²) in [4.78, 5) is 14.9. The SMILES string of the molecule is Cc1cccc(CSc2nnc(-c3ccccc3)c(=O)[nH]2)c1. The largest absolute Gasteiger partial charge is 0.298 e. The molecular formula is C17H15N3OS. The van der Waals surface area contributed by atoms with E-state index >= 15 is 0 Å². The third-order valence-electron chi connectivity index (χ3n) is 3.18. The molecule has 0 unspecified atom stereocenters. The van der Waals surface area contributed by atoms with Crippen LogP contribution >= 0.6 is 11.8 Å². The molecule has 0 fully saturated rings. The summed E-state index contributed by atoms with van der Waals surface area (Å²) in [7, 11) is 0. The number of nitrogens with zero attached hydrogens (tertiary/aromatic N) is 2. The van der Waals surface area contributed by atoms with Crippen molar-refractivity contribution >= 4 is 11.8 Å². The molecule has 0 saturated carbocycles. The van der Waals surface area contributed by atoms with Gasteiger partial charge in [0.25, 0.3) is 5.56 Å². The molecular weight excluding hydrogens is 294 g/mol. The molecule has 0 aliphatic carbocycles. The molecule has 1 heterocycles. The summed E-state index contributed by atoms with van der Waals surface area (Å²) in [5.41, 5.74) is 3.32. The summed E-state index contributed by atoms with van der Waals surface area (Å²) in [5, 5.41) is 8.71. The van der Waals surface area contributed by atoms with E-state index in [0.29, 0.717) is 10.9 Å². The molecule has 1 N–H and O–H groups in total. The average Bonchev–Trinajstić information content (AvgIpc) is 2.54. The van der Waals surface area contributed by atoms with Crippen LogP contribution in [0, 0.1) is 6.92 Å². The molecule has 0 aliphatic heterocycles. The second kappa shape index (κ2) is 6.58. The van der Waals surface area contributed by atoms with Crippen molar-refractivity contribution in [1.82, 2.24) is 15.2 Å². The highest BCUT2D eigenvalue weighted by atomic mass is 32.2. The Morgan fingerprint density at radius 3 is 2.59 bits per heavy atom. The molecule has 5 heteroatoms. The van der Waals surface area contributed by atoms with E-state index in [4.69, 9.17) is 0 Å². The van der Waals surface area contributed by atoms with Crippen molar-refractivity contribution in [3.8, 4) is 11.3 Å². The van der Waals surface area contributed by atoms with Crippen LogP contribution in [0.1, 0.15) is 11.1 Å². The van der Waals surface area contributed by atoms with Gasteiger partial charge in [0, 0.05) is 11.3 Å². The highest BCUT2D eigenvalue weighted by molar-refractivity contribution is 7.98. The minimum Gasteiger partial charge on any atom is -0.298 e. The minimum atomic E-state index is -0.215. The van der Waals surface area contributed by atoms with Crippen LogP contribution in [0.15, 0.2) is 64.5 Å². The van der Waals surface area contributed by atoms with Crippen LogP contribution in [0.4, 0.5) is 0 Å². The Morgan fingerprint density at radius 1 is 1.05 bits per heavy atom. The van der Waals surface area contributed by atoms with Crippen LogP contribution in [-0.4, -0.2) is 15.2 Å². The number of aromatic amines is 1. The van der Waals surface area contributed by atoms with E-state index in [-0.39, 0.29) is 5.56 Å². The van der Waals surface area contributed by atoms with Gasteiger partial charge in [0.1, 0.15) is 0 Å². The lowest BCUT2D eigenvalue weighted by Crippen LogP contribution is -2.14. The molecule has 0 radical (unpaired) electrons. The van der Waals surface area contributed by atoms with Gasteiger partial charge < -0.3 is 0 Å². The number of aromatic nitrogens is 3. The van der Waals surface area contributed by atoms with E-state index in [1.54, 1.807) is 0 Å². The van der Waals surface area contributed by atoms with E-state index in [2.05, 4.69) is 40.3 Å². The third kappa shape index (κ3) is 3.43. The smallest absolute Gasteiger partial charge is 0.278 e. The quantitative estimate of drug-likeness (QED) is 0.750. The van der Waals surface area contributed by atoms with Crippen LogP contribution in [0.25, 0.3) is 11.3 Å². The zero-order chi connectivity index (χ0) is 15.4. The summed E-state index contributed by atoms with van der Waals surface area (Å²) in [6, 6.07) is 17.6. The predicted molar refractivity (Wildman–Crippen MR) is 88.8 cm³/mol. The number of H-pyrrole nitrogens is 1. The van der Waals surface area contributed by atoms with Crippen LogP contribution in [0.3, 0.4) is 0 Å². The third-order valence-corrected chi connectivity index (χ3v) is 4.12. The fourth-order valence-corrected chi connectivity index (χ4v) is 2.87. The second-order valence-corrected chi connectivity index (χ2v) is 5.92. The Balaban J connectivity index is 1.77. The molecule has 2 aromatic carbocycles. The van der Waals surface area contributed by atoms with Crippen molar-refractivity contribution in [1.29, 1.82) is 0 Å². The summed E-state index contributed by atoms with van der Waals surface area (Å²) >= 11 is 1.47. The number of hydrogen-bond donors (Lipinski definition) is 1. The fourth-order valence-electron chi connectivity index (χ4n) is 2.13. The van der Waals surface area contributed by atoms with Gasteiger partial charge in [0.05, 0.1) is 0 Å². The summed E-state index contributed by atoms with van der Waals surface area (Å²) < 4.78 is 0. The van der Waals surface area contributed by atoms with E-state index < -0.39 is 0 Å². The Kier molecular flexibility index (Phi) is 4.34. The molecule has 0 amide bonds. The average molecular weight is 309 g/mol. The standard InChI is InChI=1S/C17H15N3OS/c1-12-6-5-7-13(10-12)11-22-17-18-16(21)15(19-20-17)14-8-3-2-4-9-14/h2-10H,11H2,1H3,(H,18,20,21). The maximum Gasteiger partial charge on any atom is 0.278 e. The number of hydrogen-bond acceptors (Lipinski definition) is 4. The summed E-state index contributed by atoms with van der Waals surface area (Å²) in [6.45, 7) is 2.06. The molecule has 0 saturated heterocycles. The van der Waals surface area contributed by atoms with Gasteiger partial charge in [0.15, 0.2) is 10.9 Å². The van der Waals surface area contributed by atoms with Crippen LogP contribution in [0.2, 0.25) is 0 Å². The Morgan fingerprint density at radius 2 is 1.86 bits per heavy atom. The van der Waals surface area contributed by atoms with E-state index in [1.165, 1.54) is 22.9 Å². The maximum absolute atomic E-state index is 12.1. The lowest BCUT2D eigenvalue weighted by molar-refractivity contribution is 0.824. The van der Waals surface area contributed by atoms with Gasteiger partial charge in [-0.2, -0.15) is 0 Å². The second-order valence-electron chi connectivity index (χ2n) is 4.95. The maximum atomic E-state index is 12.1. The van der Waals surface area contributed by atoms with Crippen molar-refractivity contribution in [2.24, 2.45) is 0 Å². The van der Waals surface area contributed by atoms with Gasteiger partial charge in [-0.15, -0.1) is 10.2 Å². The number of benzene rings is 2. The highest BCUT2D eigenvalue weighted by Crippen LogP contribution is 2.19. The molecule has 22 heavy (non-hydrogen) atoms. The lowest BCUT2D eigenvalue weighted by atomic mass is 10.2. The van der Waals surface area contributed by atoms with E-state index in [1.807, 2.05) is 36.4 Å². The Bertz CT molecular complexity index is 831. The highest BCUT2D eigenvalue weighted by Gasteiger charge is 2.07. The number of thioether (sulfide) groups is 1. The predicted octanol–water partition coefficient (Wildman–Crippen LogP) is 3.43. The molecule has 110 valence electrons. The summed E-state index contributed by atoms with van der Waals surface area (Å²) in [5.74, 6) is 0.747. The molecule has 0 bridgehead atoms. The normalized spacial score (nSPS) is 10.6. The van der Waals surface area contributed by atoms with E-state index in [0.717, 1.165) is 11.3 Å². The number of nitrogens with one attached hydrogen (secondary N) is 1. The number of rotatable bonds is 4. The van der Waals surface area contributed by atoms with Crippen molar-refractivity contribution in [3.05, 3.63) is 76.1 Å². The molecule has 0 atom stereocenters. The minimum absolute atomic E-state index is 0.215. The zero-order valence-corrected chi connectivity index (χ0v) is 12.9. The monoisotopic (exact) mass is 309 g/mol. The van der Waals surface area contributed by atoms with Gasteiger partial charge in [0.2, 0.25) is 0 Å². The first-order valence-corrected chi connectivity index (χ1v) is 7.92. The number of aryl methyl sites for hydroxylation is 1. The van der Waals surface area contributed by atoms with Gasteiger partial charge in [-0.1, -0.05) is 71.9 Å². The lowest BCUT2D eigenvalue weighted by Gasteiger charge is -2.03. The first kappa shape index (κ1) is 14.5. The fraction of sp³-hybridized carbons (Fsp3) is 0.118. The van der Waals surface area contributed by atoms with Crippen LogP contribution < -0.4 is 5.56 Å². The van der Waals surface area contributed by atoms with E-state index in [9.17, 15) is 4.79 Å². The molecule has 4 nitrogen and oxygen atoms in total. The first-order chi connectivity index (χ1) is 10.7. The van der Waals surface area contributed by atoms with Crippen molar-refractivity contribution in [2.75, 3.05) is 0 Å². The zero-order valence-electron chi connectivity index (χ0n) is 12.1. The van der Waals surface area contributed by atoms with Gasteiger partial charge >= 0.3 is 0 Å². The first-order valence-electron chi connectivity index (χ1n) is 6.93. The van der Waals surface area contributed by atoms with Gasteiger partial charge in [-0.25, -0.2) is 0 Å². The molecule has 0 spiro atoms. The van der Waals surface area contributed by atoms with Crippen molar-refractivity contribution in [3.63, 3.8) is 0 Å². The van der Waals surface area contributed by atoms with Crippen LogP contribution in [0.5, 0.6) is 0 Å². The van der Waals surface area contributed by atoms with Crippen molar-refractivity contribution < 1.29 is 0 Å². The Hall–Kier alpha value is -2.40. The Labute approximate surface area is 132 Å². The van der Waals surface area contributed by atoms with Crippen LogP contribution in [-0.2, 0) is 5.75 Å². The molecule has 3 aromatic rings. The molecule has 1 aromatic heterocycles. The van der Waals surface area contributed by atoms with Crippen molar-refractivity contribution in [2.45, 2.75) is 17.8 Å². The molecule has 3 rings (SSSR count). The van der Waals surface area contributed by atoms with Gasteiger partial charge in [-0.3, -0.25) is 9.78 Å². The molecule has 0 aliphatic rings.